The zero-order valence-electron chi connectivity index (χ0n) is 14.1. The van der Waals surface area contributed by atoms with Crippen LogP contribution in [0.25, 0.3) is 10.9 Å². The molecule has 0 spiro atoms. The van der Waals surface area contributed by atoms with Gasteiger partial charge < -0.3 is 14.6 Å². The highest BCUT2D eigenvalue weighted by Crippen LogP contribution is 2.22. The molecule has 0 saturated carbocycles. The smallest absolute Gasteiger partial charge is 0.303 e. The number of pyridine rings is 1. The number of para-hydroxylation sites is 1. The van der Waals surface area contributed by atoms with Gasteiger partial charge in [-0.3, -0.25) is 14.4 Å². The van der Waals surface area contributed by atoms with Gasteiger partial charge in [-0.05, 0) is 37.8 Å². The molecule has 6 nitrogen and oxygen atoms in total. The molecule has 0 unspecified atom stereocenters. The maximum atomic E-state index is 12.8. The van der Waals surface area contributed by atoms with Crippen LogP contribution in [-0.2, 0) is 16.1 Å². The molecule has 3 rings (SSSR count). The third-order valence-corrected chi connectivity index (χ3v) is 4.83. The van der Waals surface area contributed by atoms with E-state index in [1.54, 1.807) is 16.8 Å². The molecule has 0 radical (unpaired) electrons. The monoisotopic (exact) mass is 342 g/mol. The standard InChI is InChI=1S/C19H22N2O4/c22-17-10-12-20(16-7-2-1-6-15(16)17)13-18(23)21-11-4-3-5-14(21)8-9-19(24)25/h1-2,6-7,10,12,14H,3-5,8-9,11,13H2,(H,24,25)/t14-/m1/s1. The van der Waals surface area contributed by atoms with Crippen molar-refractivity contribution in [2.75, 3.05) is 6.54 Å². The van der Waals surface area contributed by atoms with Gasteiger partial charge in [0.05, 0.1) is 5.52 Å². The van der Waals surface area contributed by atoms with Gasteiger partial charge in [-0.1, -0.05) is 12.1 Å². The van der Waals surface area contributed by atoms with Crippen LogP contribution in [0.5, 0.6) is 0 Å². The lowest BCUT2D eigenvalue weighted by molar-refractivity contribution is -0.140. The van der Waals surface area contributed by atoms with E-state index in [1.165, 1.54) is 6.07 Å². The summed E-state index contributed by atoms with van der Waals surface area (Å²) >= 11 is 0. The molecule has 6 heteroatoms. The minimum Gasteiger partial charge on any atom is -0.481 e. The summed E-state index contributed by atoms with van der Waals surface area (Å²) in [4.78, 5) is 37.5. The van der Waals surface area contributed by atoms with Gasteiger partial charge in [0.1, 0.15) is 6.54 Å². The first-order chi connectivity index (χ1) is 12.1. The van der Waals surface area contributed by atoms with Crippen molar-refractivity contribution in [1.82, 2.24) is 9.47 Å². The Hall–Kier alpha value is -2.63. The fraction of sp³-hybridized carbons (Fsp3) is 0.421. The van der Waals surface area contributed by atoms with E-state index in [-0.39, 0.29) is 30.3 Å². The van der Waals surface area contributed by atoms with Crippen LogP contribution in [0.3, 0.4) is 0 Å². The summed E-state index contributed by atoms with van der Waals surface area (Å²) in [5.74, 6) is -0.853. The molecule has 1 N–H and O–H groups in total. The van der Waals surface area contributed by atoms with Crippen LogP contribution in [0.15, 0.2) is 41.3 Å². The predicted octanol–water partition coefficient (Wildman–Crippen LogP) is 2.25. The van der Waals surface area contributed by atoms with E-state index in [0.717, 1.165) is 24.8 Å². The van der Waals surface area contributed by atoms with E-state index < -0.39 is 5.97 Å². The van der Waals surface area contributed by atoms with E-state index in [1.807, 2.05) is 23.1 Å². The molecule has 1 aromatic carbocycles. The number of rotatable bonds is 5. The number of carboxylic acid groups (broad SMARTS) is 1. The van der Waals surface area contributed by atoms with Crippen LogP contribution in [-0.4, -0.2) is 39.0 Å². The average molecular weight is 342 g/mol. The summed E-state index contributed by atoms with van der Waals surface area (Å²) < 4.78 is 1.79. The number of carboxylic acids is 1. The van der Waals surface area contributed by atoms with E-state index in [2.05, 4.69) is 0 Å². The average Bonchev–Trinajstić information content (AvgIpc) is 2.62. The maximum Gasteiger partial charge on any atom is 0.303 e. The highest BCUT2D eigenvalue weighted by molar-refractivity contribution is 5.82. The Balaban J connectivity index is 1.80. The molecule has 1 aliphatic heterocycles. The van der Waals surface area contributed by atoms with Crippen molar-refractivity contribution in [2.24, 2.45) is 0 Å². The Morgan fingerprint density at radius 3 is 2.76 bits per heavy atom. The number of likely N-dealkylation sites (tertiary alicyclic amines) is 1. The van der Waals surface area contributed by atoms with Crippen LogP contribution < -0.4 is 5.43 Å². The Bertz CT molecular complexity index is 843. The van der Waals surface area contributed by atoms with Crippen molar-refractivity contribution in [3.05, 3.63) is 46.8 Å². The Morgan fingerprint density at radius 2 is 1.96 bits per heavy atom. The first-order valence-electron chi connectivity index (χ1n) is 8.66. The quantitative estimate of drug-likeness (QED) is 0.904. The SMILES string of the molecule is O=C(O)CC[C@H]1CCCCN1C(=O)Cn1ccc(=O)c2ccccc21. The van der Waals surface area contributed by atoms with Gasteiger partial charge in [0, 0.05) is 36.7 Å². The summed E-state index contributed by atoms with van der Waals surface area (Å²) in [5.41, 5.74) is 0.680. The van der Waals surface area contributed by atoms with Crippen LogP contribution >= 0.6 is 0 Å². The second-order valence-electron chi connectivity index (χ2n) is 6.49. The van der Waals surface area contributed by atoms with E-state index in [0.29, 0.717) is 18.4 Å². The van der Waals surface area contributed by atoms with Crippen molar-refractivity contribution in [3.63, 3.8) is 0 Å². The molecule has 1 fully saturated rings. The highest BCUT2D eigenvalue weighted by Gasteiger charge is 2.27. The molecule has 2 aromatic rings. The van der Waals surface area contributed by atoms with Gasteiger partial charge in [0.15, 0.2) is 5.43 Å². The number of carbonyl (C=O) groups excluding carboxylic acids is 1. The number of hydrogen-bond donors (Lipinski definition) is 1. The van der Waals surface area contributed by atoms with Crippen LogP contribution in [0.4, 0.5) is 0 Å². The van der Waals surface area contributed by atoms with E-state index in [4.69, 9.17) is 5.11 Å². The van der Waals surface area contributed by atoms with Crippen molar-refractivity contribution in [1.29, 1.82) is 0 Å². The topological polar surface area (TPSA) is 79.6 Å². The number of fused-ring (bicyclic) bond motifs is 1. The fourth-order valence-electron chi connectivity index (χ4n) is 3.55. The number of aromatic nitrogens is 1. The summed E-state index contributed by atoms with van der Waals surface area (Å²) in [6.45, 7) is 0.825. The fourth-order valence-corrected chi connectivity index (χ4v) is 3.55. The van der Waals surface area contributed by atoms with E-state index in [9.17, 15) is 14.4 Å². The number of carbonyl (C=O) groups is 2. The van der Waals surface area contributed by atoms with Crippen LogP contribution in [0.1, 0.15) is 32.1 Å². The lowest BCUT2D eigenvalue weighted by atomic mass is 9.98. The summed E-state index contributed by atoms with van der Waals surface area (Å²) in [5, 5.41) is 9.51. The number of benzene rings is 1. The third kappa shape index (κ3) is 3.90. The summed E-state index contributed by atoms with van der Waals surface area (Å²) in [7, 11) is 0. The Kier molecular flexibility index (Phi) is 5.16. The maximum absolute atomic E-state index is 12.8. The molecular weight excluding hydrogens is 320 g/mol. The molecule has 1 atom stereocenters. The van der Waals surface area contributed by atoms with Gasteiger partial charge in [-0.25, -0.2) is 0 Å². The zero-order chi connectivity index (χ0) is 17.8. The van der Waals surface area contributed by atoms with Gasteiger partial charge in [-0.15, -0.1) is 0 Å². The normalized spacial score (nSPS) is 17.6. The minimum atomic E-state index is -0.829. The minimum absolute atomic E-state index is 0.0111. The van der Waals surface area contributed by atoms with Crippen molar-refractivity contribution in [3.8, 4) is 0 Å². The molecule has 1 saturated heterocycles. The summed E-state index contributed by atoms with van der Waals surface area (Å²) in [6, 6.07) is 8.72. The lowest BCUT2D eigenvalue weighted by Crippen LogP contribution is -2.45. The third-order valence-electron chi connectivity index (χ3n) is 4.83. The molecule has 132 valence electrons. The van der Waals surface area contributed by atoms with E-state index >= 15 is 0 Å². The second-order valence-corrected chi connectivity index (χ2v) is 6.49. The summed E-state index contributed by atoms with van der Waals surface area (Å²) in [6.07, 6.45) is 5.04. The van der Waals surface area contributed by atoms with Gasteiger partial charge in [0.25, 0.3) is 0 Å². The molecule has 1 aromatic heterocycles. The Morgan fingerprint density at radius 1 is 1.16 bits per heavy atom. The Labute approximate surface area is 145 Å². The first kappa shape index (κ1) is 17.2. The lowest BCUT2D eigenvalue weighted by Gasteiger charge is -2.36. The van der Waals surface area contributed by atoms with Crippen molar-refractivity contribution in [2.45, 2.75) is 44.7 Å². The van der Waals surface area contributed by atoms with Gasteiger partial charge in [-0.2, -0.15) is 0 Å². The molecule has 1 aliphatic rings. The van der Waals surface area contributed by atoms with Crippen molar-refractivity contribution < 1.29 is 14.7 Å². The van der Waals surface area contributed by atoms with Crippen LogP contribution in [0.2, 0.25) is 0 Å². The molecule has 0 aliphatic carbocycles. The molecular formula is C19H22N2O4. The zero-order valence-corrected chi connectivity index (χ0v) is 14.1. The first-order valence-corrected chi connectivity index (χ1v) is 8.66. The number of hydrogen-bond acceptors (Lipinski definition) is 3. The van der Waals surface area contributed by atoms with Gasteiger partial charge in [0.2, 0.25) is 5.91 Å². The predicted molar refractivity (Wildman–Crippen MR) is 94.4 cm³/mol. The van der Waals surface area contributed by atoms with Crippen LogP contribution in [0, 0.1) is 0 Å². The number of amides is 1. The second kappa shape index (κ2) is 7.51. The van der Waals surface area contributed by atoms with Gasteiger partial charge >= 0.3 is 5.97 Å². The molecule has 25 heavy (non-hydrogen) atoms. The number of piperidine rings is 1. The molecule has 2 heterocycles. The molecule has 1 amide bonds. The highest BCUT2D eigenvalue weighted by atomic mass is 16.4. The van der Waals surface area contributed by atoms with Crippen molar-refractivity contribution >= 4 is 22.8 Å². The largest absolute Gasteiger partial charge is 0.481 e. The molecule has 0 bridgehead atoms. The number of aliphatic carboxylic acids is 1. The number of nitrogens with zero attached hydrogens (tertiary/aromatic N) is 2.